The van der Waals surface area contributed by atoms with Gasteiger partial charge in [-0.1, -0.05) is 60.4 Å². The molecule has 4 rings (SSSR count). The summed E-state index contributed by atoms with van der Waals surface area (Å²) < 4.78 is 0. The lowest BCUT2D eigenvalue weighted by Crippen LogP contribution is -1.83. The quantitative estimate of drug-likeness (QED) is 0.457. The molecule has 0 aromatic heterocycles. The highest BCUT2D eigenvalue weighted by Gasteiger charge is 2.57. The Morgan fingerprint density at radius 2 is 1.22 bits per heavy atom. The Labute approximate surface area is 137 Å². The molecule has 2 atom stereocenters. The zero-order chi connectivity index (χ0) is 15.5. The highest BCUT2D eigenvalue weighted by atomic mass is 14.5. The van der Waals surface area contributed by atoms with E-state index in [4.69, 9.17) is 0 Å². The molecule has 0 bridgehead atoms. The van der Waals surface area contributed by atoms with Crippen LogP contribution in [0.5, 0.6) is 0 Å². The average molecular weight is 293 g/mol. The van der Waals surface area contributed by atoms with Crippen LogP contribution < -0.4 is 0 Å². The van der Waals surface area contributed by atoms with Gasteiger partial charge in [-0.15, -0.1) is 0 Å². The van der Waals surface area contributed by atoms with Gasteiger partial charge in [-0.3, -0.25) is 0 Å². The second-order valence-corrected chi connectivity index (χ2v) is 5.82. The predicted octanol–water partition coefficient (Wildman–Crippen LogP) is 5.07. The minimum absolute atomic E-state index is 0.319. The van der Waals surface area contributed by atoms with Gasteiger partial charge in [0, 0.05) is 17.7 Å². The normalized spacial score (nSPS) is 18.9. The molecule has 0 aliphatic heterocycles. The third kappa shape index (κ3) is 2.87. The van der Waals surface area contributed by atoms with E-state index in [1.165, 1.54) is 17.0 Å². The molecule has 0 N–H and O–H groups in total. The smallest absolute Gasteiger partial charge is 0.0735 e. The Morgan fingerprint density at radius 3 is 1.87 bits per heavy atom. The summed E-state index contributed by atoms with van der Waals surface area (Å²) in [5.41, 5.74) is 3.76. The Hall–Kier alpha value is -2.91. The first kappa shape index (κ1) is 13.7. The van der Waals surface area contributed by atoms with E-state index in [0.717, 1.165) is 5.56 Å². The van der Waals surface area contributed by atoms with Crippen LogP contribution in [0.25, 0.3) is 0 Å². The largest absolute Gasteiger partial charge is 0.134 e. The standard InChI is InChI=1S/C23H17/c1-4-10-18(11-5-1)16-17-21-22(19-12-6-2-7-13-19)23(21)20-14-8-3-9-15-20/h1-15,21-22H/q+1. The van der Waals surface area contributed by atoms with Crippen LogP contribution >= 0.6 is 0 Å². The molecule has 1 saturated carbocycles. The van der Waals surface area contributed by atoms with E-state index in [9.17, 15) is 0 Å². The molecule has 1 aliphatic carbocycles. The third-order valence-corrected chi connectivity index (χ3v) is 4.31. The van der Waals surface area contributed by atoms with Gasteiger partial charge < -0.3 is 0 Å². The van der Waals surface area contributed by atoms with Gasteiger partial charge in [-0.2, -0.15) is 0 Å². The molecule has 0 amide bonds. The monoisotopic (exact) mass is 293 g/mol. The zero-order valence-electron chi connectivity index (χ0n) is 12.8. The van der Waals surface area contributed by atoms with Crippen LogP contribution in [-0.2, 0) is 0 Å². The first-order chi connectivity index (χ1) is 11.4. The summed E-state index contributed by atoms with van der Waals surface area (Å²) in [7, 11) is 0. The maximum Gasteiger partial charge on any atom is 0.134 e. The third-order valence-electron chi connectivity index (χ3n) is 4.31. The number of hydrogen-bond donors (Lipinski definition) is 0. The van der Waals surface area contributed by atoms with Crippen molar-refractivity contribution in [2.75, 3.05) is 0 Å². The van der Waals surface area contributed by atoms with Gasteiger partial charge in [0.1, 0.15) is 11.5 Å². The zero-order valence-corrected chi connectivity index (χ0v) is 12.8. The summed E-state index contributed by atoms with van der Waals surface area (Å²) in [5, 5.41) is 0. The molecule has 23 heavy (non-hydrogen) atoms. The van der Waals surface area contributed by atoms with Crippen LogP contribution in [0.4, 0.5) is 0 Å². The van der Waals surface area contributed by atoms with Crippen molar-refractivity contribution in [3.05, 3.63) is 114 Å². The summed E-state index contributed by atoms with van der Waals surface area (Å²) in [6, 6.07) is 31.6. The van der Waals surface area contributed by atoms with E-state index in [1.54, 1.807) is 0 Å². The van der Waals surface area contributed by atoms with Crippen molar-refractivity contribution in [1.82, 2.24) is 0 Å². The number of benzene rings is 3. The van der Waals surface area contributed by atoms with Crippen LogP contribution in [0.3, 0.4) is 0 Å². The summed E-state index contributed by atoms with van der Waals surface area (Å²) >= 11 is 0. The van der Waals surface area contributed by atoms with E-state index >= 15 is 0 Å². The maximum atomic E-state index is 3.48. The first-order valence-electron chi connectivity index (χ1n) is 7.97. The molecule has 108 valence electrons. The Kier molecular flexibility index (Phi) is 3.62. The molecule has 0 nitrogen and oxygen atoms in total. The summed E-state index contributed by atoms with van der Waals surface area (Å²) in [5.74, 6) is 9.01. The van der Waals surface area contributed by atoms with E-state index in [-0.39, 0.29) is 0 Å². The van der Waals surface area contributed by atoms with Crippen molar-refractivity contribution in [2.24, 2.45) is 5.92 Å². The van der Waals surface area contributed by atoms with Gasteiger partial charge in [0.15, 0.2) is 0 Å². The van der Waals surface area contributed by atoms with E-state index in [2.05, 4.69) is 84.6 Å². The molecule has 0 saturated heterocycles. The lowest BCUT2D eigenvalue weighted by molar-refractivity contribution is 1.04. The Morgan fingerprint density at radius 1 is 0.652 bits per heavy atom. The molecule has 0 heteroatoms. The van der Waals surface area contributed by atoms with Crippen molar-refractivity contribution in [1.29, 1.82) is 0 Å². The molecular formula is C23H17+. The van der Waals surface area contributed by atoms with Crippen molar-refractivity contribution in [3.63, 3.8) is 0 Å². The number of hydrogen-bond acceptors (Lipinski definition) is 0. The van der Waals surface area contributed by atoms with Crippen LogP contribution in [0, 0.1) is 23.7 Å². The predicted molar refractivity (Wildman–Crippen MR) is 94.8 cm³/mol. The van der Waals surface area contributed by atoms with Crippen LogP contribution in [0.15, 0.2) is 91.0 Å². The molecule has 3 aromatic rings. The van der Waals surface area contributed by atoms with Crippen molar-refractivity contribution < 1.29 is 0 Å². The fourth-order valence-electron chi connectivity index (χ4n) is 3.13. The Balaban J connectivity index is 1.65. The highest BCUT2D eigenvalue weighted by Crippen LogP contribution is 2.59. The van der Waals surface area contributed by atoms with Gasteiger partial charge in [0.25, 0.3) is 0 Å². The fraction of sp³-hybridized carbons (Fsp3) is 0.0870. The van der Waals surface area contributed by atoms with Crippen molar-refractivity contribution in [2.45, 2.75) is 5.92 Å². The minimum Gasteiger partial charge on any atom is -0.0735 e. The summed E-state index contributed by atoms with van der Waals surface area (Å²) in [6.45, 7) is 0. The average Bonchev–Trinajstić information content (AvgIpc) is 3.37. The van der Waals surface area contributed by atoms with E-state index in [1.807, 2.05) is 18.2 Å². The van der Waals surface area contributed by atoms with Crippen LogP contribution in [0.1, 0.15) is 22.6 Å². The second kappa shape index (κ2) is 6.07. The van der Waals surface area contributed by atoms with Gasteiger partial charge in [0.05, 0.1) is 11.8 Å². The maximum absolute atomic E-state index is 3.48. The van der Waals surface area contributed by atoms with E-state index < -0.39 is 0 Å². The molecule has 1 aliphatic rings. The SMILES string of the molecule is C(#CC1[C+](c2ccccc2)C1c1ccccc1)c1ccccc1. The van der Waals surface area contributed by atoms with Gasteiger partial charge in [0.2, 0.25) is 0 Å². The number of rotatable bonds is 2. The highest BCUT2D eigenvalue weighted by molar-refractivity contribution is 5.57. The van der Waals surface area contributed by atoms with Crippen LogP contribution in [-0.4, -0.2) is 0 Å². The first-order valence-corrected chi connectivity index (χ1v) is 7.97. The minimum atomic E-state index is 0.319. The van der Waals surface area contributed by atoms with Gasteiger partial charge in [-0.05, 0) is 35.9 Å². The molecule has 0 heterocycles. The molecular weight excluding hydrogens is 276 g/mol. The molecule has 0 radical (unpaired) electrons. The molecule has 2 unspecified atom stereocenters. The topological polar surface area (TPSA) is 0 Å². The molecule has 1 fully saturated rings. The molecule has 3 aromatic carbocycles. The summed E-state index contributed by atoms with van der Waals surface area (Å²) in [4.78, 5) is 0. The van der Waals surface area contributed by atoms with Crippen molar-refractivity contribution in [3.8, 4) is 11.8 Å². The van der Waals surface area contributed by atoms with Crippen LogP contribution in [0.2, 0.25) is 0 Å². The molecule has 0 spiro atoms. The lowest BCUT2D eigenvalue weighted by atomic mass is 10.0. The second-order valence-electron chi connectivity index (χ2n) is 5.82. The van der Waals surface area contributed by atoms with Gasteiger partial charge in [-0.25, -0.2) is 0 Å². The van der Waals surface area contributed by atoms with Crippen molar-refractivity contribution >= 4 is 0 Å². The lowest BCUT2D eigenvalue weighted by Gasteiger charge is -1.94. The van der Waals surface area contributed by atoms with Gasteiger partial charge >= 0.3 is 0 Å². The summed E-state index contributed by atoms with van der Waals surface area (Å²) in [6.07, 6.45) is 0. The Bertz CT molecular complexity index is 777. The van der Waals surface area contributed by atoms with E-state index in [0.29, 0.717) is 11.8 Å². The fourth-order valence-corrected chi connectivity index (χ4v) is 3.13.